The molecule has 0 unspecified atom stereocenters. The number of anilines is 1. The van der Waals surface area contributed by atoms with E-state index in [0.29, 0.717) is 22.6 Å². The number of benzene rings is 3. The van der Waals surface area contributed by atoms with Crippen LogP contribution in [0, 0.1) is 6.92 Å². The second-order valence-corrected chi connectivity index (χ2v) is 7.63. The van der Waals surface area contributed by atoms with Gasteiger partial charge in [0.1, 0.15) is 0 Å². The number of carbonyl (C=O) groups is 2. The Kier molecular flexibility index (Phi) is 4.67. The van der Waals surface area contributed by atoms with Gasteiger partial charge >= 0.3 is 0 Å². The fourth-order valence-corrected chi connectivity index (χ4v) is 3.84. The molecular formula is C26H19N3O3. The molecule has 4 aromatic rings. The van der Waals surface area contributed by atoms with Crippen LogP contribution in [-0.4, -0.2) is 21.5 Å². The van der Waals surface area contributed by atoms with E-state index in [2.05, 4.69) is 10.4 Å². The van der Waals surface area contributed by atoms with Crippen LogP contribution in [0.2, 0.25) is 0 Å². The predicted octanol–water partition coefficient (Wildman–Crippen LogP) is 4.36. The zero-order valence-corrected chi connectivity index (χ0v) is 17.3. The van der Waals surface area contributed by atoms with Gasteiger partial charge in [-0.1, -0.05) is 60.2 Å². The van der Waals surface area contributed by atoms with Crippen molar-refractivity contribution in [2.24, 2.45) is 0 Å². The number of aryl methyl sites for hydroxylation is 1. The Morgan fingerprint density at radius 2 is 1.53 bits per heavy atom. The Bertz CT molecular complexity index is 1440. The summed E-state index contributed by atoms with van der Waals surface area (Å²) in [5.74, 6) is -0.935. The predicted molar refractivity (Wildman–Crippen MR) is 124 cm³/mol. The number of aromatic nitrogens is 2. The molecule has 32 heavy (non-hydrogen) atoms. The number of carbonyl (C=O) groups excluding carboxylic acids is 2. The minimum atomic E-state index is -0.530. The van der Waals surface area contributed by atoms with E-state index in [-0.39, 0.29) is 16.7 Å². The van der Waals surface area contributed by atoms with Crippen molar-refractivity contribution < 1.29 is 9.59 Å². The molecular weight excluding hydrogens is 402 g/mol. The van der Waals surface area contributed by atoms with Crippen molar-refractivity contribution in [2.75, 3.05) is 5.32 Å². The zero-order chi connectivity index (χ0) is 22.2. The average molecular weight is 421 g/mol. The van der Waals surface area contributed by atoms with Crippen LogP contribution in [0.3, 0.4) is 0 Å². The van der Waals surface area contributed by atoms with Crippen molar-refractivity contribution >= 4 is 23.5 Å². The van der Waals surface area contributed by atoms with E-state index < -0.39 is 11.7 Å². The maximum atomic E-state index is 13.4. The van der Waals surface area contributed by atoms with Crippen LogP contribution in [0.4, 0.5) is 5.69 Å². The topological polar surface area (TPSA) is 84.0 Å². The molecule has 2 heterocycles. The Hall–Kier alpha value is -4.45. The van der Waals surface area contributed by atoms with E-state index in [9.17, 15) is 14.4 Å². The van der Waals surface area contributed by atoms with Crippen LogP contribution < -0.4 is 10.9 Å². The highest BCUT2D eigenvalue weighted by Gasteiger charge is 2.29. The fraction of sp³-hybridized carbons (Fsp3) is 0.0385. The lowest BCUT2D eigenvalue weighted by atomic mass is 9.93. The largest absolute Gasteiger partial charge is 0.321 e. The molecule has 0 saturated heterocycles. The van der Waals surface area contributed by atoms with Crippen LogP contribution in [0.15, 0.2) is 89.2 Å². The third-order valence-corrected chi connectivity index (χ3v) is 5.45. The van der Waals surface area contributed by atoms with Gasteiger partial charge in [0.05, 0.1) is 28.2 Å². The molecule has 6 nitrogen and oxygen atoms in total. The Balaban J connectivity index is 1.72. The number of rotatable bonds is 3. The number of amides is 1. The molecule has 156 valence electrons. The lowest BCUT2D eigenvalue weighted by molar-refractivity contribution is -0.112. The van der Waals surface area contributed by atoms with Crippen molar-refractivity contribution in [3.63, 3.8) is 0 Å². The Labute approximate surface area is 183 Å². The van der Waals surface area contributed by atoms with Crippen LogP contribution in [0.25, 0.3) is 23.0 Å². The number of nitrogens with zero attached hydrogens (tertiary/aromatic N) is 1. The second kappa shape index (κ2) is 7.67. The average Bonchev–Trinajstić information content (AvgIpc) is 3.14. The van der Waals surface area contributed by atoms with Gasteiger partial charge < -0.3 is 5.32 Å². The minimum absolute atomic E-state index is 0.0726. The number of Topliss-reactive ketones (excluding diaryl/α,β-unsaturated/α-hetero) is 1. The summed E-state index contributed by atoms with van der Waals surface area (Å²) in [5.41, 5.74) is 3.57. The van der Waals surface area contributed by atoms with Crippen molar-refractivity contribution in [3.05, 3.63) is 111 Å². The third kappa shape index (κ3) is 3.28. The molecule has 1 aliphatic heterocycles. The summed E-state index contributed by atoms with van der Waals surface area (Å²) in [5, 5.41) is 5.90. The molecule has 1 aromatic heterocycles. The molecule has 2 N–H and O–H groups in total. The van der Waals surface area contributed by atoms with E-state index in [1.807, 2.05) is 61.5 Å². The van der Waals surface area contributed by atoms with Crippen molar-refractivity contribution in [1.82, 2.24) is 9.78 Å². The molecule has 3 aromatic carbocycles. The van der Waals surface area contributed by atoms with E-state index in [0.717, 1.165) is 11.1 Å². The maximum absolute atomic E-state index is 13.4. The number of H-pyrrole nitrogens is 1. The van der Waals surface area contributed by atoms with Crippen molar-refractivity contribution in [2.45, 2.75) is 6.92 Å². The molecule has 0 atom stereocenters. The number of ketones is 1. The van der Waals surface area contributed by atoms with Gasteiger partial charge in [-0.15, -0.1) is 0 Å². The Morgan fingerprint density at radius 1 is 0.844 bits per heavy atom. The molecule has 1 aliphatic rings. The first-order chi connectivity index (χ1) is 15.5. The summed E-state index contributed by atoms with van der Waals surface area (Å²) < 4.78 is 1.41. The van der Waals surface area contributed by atoms with Gasteiger partial charge in [-0.3, -0.25) is 19.5 Å². The lowest BCUT2D eigenvalue weighted by Gasteiger charge is -2.18. The van der Waals surface area contributed by atoms with Gasteiger partial charge in [0.2, 0.25) is 5.78 Å². The summed E-state index contributed by atoms with van der Waals surface area (Å²) >= 11 is 0. The van der Waals surface area contributed by atoms with Gasteiger partial charge in [0.25, 0.3) is 11.5 Å². The summed E-state index contributed by atoms with van der Waals surface area (Å²) in [6.45, 7) is 1.88. The number of hydrogen-bond donors (Lipinski definition) is 2. The molecule has 0 spiro atoms. The molecule has 0 fully saturated rings. The third-order valence-electron chi connectivity index (χ3n) is 5.45. The molecule has 0 saturated carbocycles. The maximum Gasteiger partial charge on any atom is 0.279 e. The number of hydrogen-bond acceptors (Lipinski definition) is 3. The standard InChI is InChI=1S/C26H19N3O3/c1-16-12-13-22-19(14-16)24(30)21(25(31)27-22)15-20-23(17-8-4-2-5-9-17)28-29(26(20)32)18-10-6-3-7-11-18/h2-15,28H,1H3,(H,27,31). The fourth-order valence-electron chi connectivity index (χ4n) is 3.84. The quantitative estimate of drug-likeness (QED) is 0.381. The summed E-state index contributed by atoms with van der Waals surface area (Å²) in [6.07, 6.45) is 1.39. The van der Waals surface area contributed by atoms with Gasteiger partial charge in [-0.05, 0) is 37.3 Å². The van der Waals surface area contributed by atoms with Crippen LogP contribution in [0.1, 0.15) is 21.5 Å². The normalized spacial score (nSPS) is 14.3. The first kappa shape index (κ1) is 19.5. The van der Waals surface area contributed by atoms with Crippen LogP contribution in [0.5, 0.6) is 0 Å². The number of fused-ring (bicyclic) bond motifs is 1. The smallest absolute Gasteiger partial charge is 0.279 e. The van der Waals surface area contributed by atoms with E-state index in [1.54, 1.807) is 24.3 Å². The van der Waals surface area contributed by atoms with E-state index in [1.165, 1.54) is 10.8 Å². The molecule has 1 amide bonds. The number of nitrogens with one attached hydrogen (secondary N) is 2. The number of aromatic amines is 1. The summed E-state index contributed by atoms with van der Waals surface area (Å²) in [4.78, 5) is 39.3. The highest BCUT2D eigenvalue weighted by atomic mass is 16.2. The molecule has 0 radical (unpaired) electrons. The van der Waals surface area contributed by atoms with Gasteiger partial charge in [-0.25, -0.2) is 4.68 Å². The summed E-state index contributed by atoms with van der Waals surface area (Å²) in [7, 11) is 0. The molecule has 0 bridgehead atoms. The molecule has 6 heteroatoms. The van der Waals surface area contributed by atoms with E-state index >= 15 is 0 Å². The first-order valence-corrected chi connectivity index (χ1v) is 10.2. The van der Waals surface area contributed by atoms with Gasteiger partial charge in [-0.2, -0.15) is 0 Å². The van der Waals surface area contributed by atoms with Crippen molar-refractivity contribution in [1.29, 1.82) is 0 Å². The second-order valence-electron chi connectivity index (χ2n) is 7.63. The lowest BCUT2D eigenvalue weighted by Crippen LogP contribution is -2.28. The monoisotopic (exact) mass is 421 g/mol. The minimum Gasteiger partial charge on any atom is -0.321 e. The number of para-hydroxylation sites is 1. The highest BCUT2D eigenvalue weighted by Crippen LogP contribution is 2.29. The SMILES string of the molecule is Cc1ccc2c(c1)C(=O)C(=Cc1c(-c3ccccc3)[nH]n(-c3ccccc3)c1=O)C(=O)N2. The Morgan fingerprint density at radius 3 is 2.25 bits per heavy atom. The highest BCUT2D eigenvalue weighted by molar-refractivity contribution is 6.36. The molecule has 0 aliphatic carbocycles. The zero-order valence-electron chi connectivity index (χ0n) is 17.3. The van der Waals surface area contributed by atoms with Crippen molar-refractivity contribution in [3.8, 4) is 16.9 Å². The summed E-state index contributed by atoms with van der Waals surface area (Å²) in [6, 6.07) is 23.8. The van der Waals surface area contributed by atoms with Crippen LogP contribution >= 0.6 is 0 Å². The van der Waals surface area contributed by atoms with Gasteiger partial charge in [0.15, 0.2) is 0 Å². The van der Waals surface area contributed by atoms with E-state index in [4.69, 9.17) is 0 Å². The molecule has 5 rings (SSSR count). The first-order valence-electron chi connectivity index (χ1n) is 10.2. The van der Waals surface area contributed by atoms with Gasteiger partial charge in [0, 0.05) is 11.1 Å². The van der Waals surface area contributed by atoms with Crippen LogP contribution in [-0.2, 0) is 4.79 Å².